The Morgan fingerprint density at radius 2 is 1.06 bits per heavy atom. The Balaban J connectivity index is 1.57. The van der Waals surface area contributed by atoms with Crippen molar-refractivity contribution in [3.63, 3.8) is 0 Å². The van der Waals surface area contributed by atoms with Crippen LogP contribution in [-0.4, -0.2) is 59.9 Å². The van der Waals surface area contributed by atoms with Crippen LogP contribution >= 0.6 is 0 Å². The molecule has 2 saturated heterocycles. The third-order valence-electron chi connectivity index (χ3n) is 7.81. The van der Waals surface area contributed by atoms with Crippen LogP contribution in [0.5, 0.6) is 0 Å². The van der Waals surface area contributed by atoms with Crippen molar-refractivity contribution in [2.45, 2.75) is 89.9 Å². The van der Waals surface area contributed by atoms with E-state index in [0.717, 1.165) is 0 Å². The van der Waals surface area contributed by atoms with Crippen LogP contribution in [0.25, 0.3) is 0 Å². The van der Waals surface area contributed by atoms with Gasteiger partial charge in [0.05, 0.1) is 33.5 Å². The van der Waals surface area contributed by atoms with E-state index in [1.807, 2.05) is 55.4 Å². The number of carbonyl (C=O) groups is 2. The zero-order valence-electron chi connectivity index (χ0n) is 20.4. The van der Waals surface area contributed by atoms with Gasteiger partial charge in [0.15, 0.2) is 0 Å². The predicted molar refractivity (Wildman–Crippen MR) is 122 cm³/mol. The minimum absolute atomic E-state index is 0.227. The van der Waals surface area contributed by atoms with Crippen LogP contribution < -0.4 is 0 Å². The monoisotopic (exact) mass is 441 g/mol. The van der Waals surface area contributed by atoms with Gasteiger partial charge in [0.1, 0.15) is 0 Å². The number of hydrogen-bond donors (Lipinski definition) is 0. The Kier molecular flexibility index (Phi) is 5.44. The van der Waals surface area contributed by atoms with Crippen molar-refractivity contribution in [3.8, 4) is 0 Å². The molecular formula is C23H33B2NO6. The number of fused-ring (bicyclic) bond motifs is 1. The number of benzene rings is 1. The first-order valence-corrected chi connectivity index (χ1v) is 11.3. The van der Waals surface area contributed by atoms with E-state index < -0.39 is 36.6 Å². The standard InChI is InChI=1S/C23H33B2NO6/c1-20(2)21(3,4)30-24(29-20)17(25-31-22(5,6)23(7,8)32-25)13-14-26-18(27)15-11-9-10-12-16(15)19(26)28/h9-12,17H,13-14H2,1-8H3. The molecule has 0 unspecified atom stereocenters. The van der Waals surface area contributed by atoms with Gasteiger partial charge in [0.2, 0.25) is 0 Å². The average molecular weight is 441 g/mol. The molecule has 0 bridgehead atoms. The summed E-state index contributed by atoms with van der Waals surface area (Å²) in [5, 5.41) is 0. The van der Waals surface area contributed by atoms with E-state index in [9.17, 15) is 9.59 Å². The highest BCUT2D eigenvalue weighted by Crippen LogP contribution is 2.46. The first kappa shape index (κ1) is 23.5. The number of imide groups is 1. The summed E-state index contributed by atoms with van der Waals surface area (Å²) in [6.07, 6.45) is 0.430. The smallest absolute Gasteiger partial charge is 0.403 e. The predicted octanol–water partition coefficient (Wildman–Crippen LogP) is 3.77. The van der Waals surface area contributed by atoms with Crippen molar-refractivity contribution in [3.05, 3.63) is 35.4 Å². The maximum atomic E-state index is 12.9. The molecule has 0 saturated carbocycles. The molecule has 3 aliphatic rings. The van der Waals surface area contributed by atoms with Crippen LogP contribution in [0.2, 0.25) is 5.72 Å². The van der Waals surface area contributed by atoms with Crippen molar-refractivity contribution in [2.75, 3.05) is 6.54 Å². The summed E-state index contributed by atoms with van der Waals surface area (Å²) in [5.74, 6) is -0.542. The zero-order chi connectivity index (χ0) is 23.7. The van der Waals surface area contributed by atoms with Crippen molar-refractivity contribution in [2.24, 2.45) is 0 Å². The molecule has 0 N–H and O–H groups in total. The van der Waals surface area contributed by atoms with E-state index in [-0.39, 0.29) is 24.1 Å². The highest BCUT2D eigenvalue weighted by molar-refractivity contribution is 6.68. The molecule has 4 rings (SSSR count). The maximum Gasteiger partial charge on any atom is 0.458 e. The highest BCUT2D eigenvalue weighted by atomic mass is 16.7. The molecule has 0 aliphatic carbocycles. The summed E-state index contributed by atoms with van der Waals surface area (Å²) < 4.78 is 25.3. The number of hydrogen-bond acceptors (Lipinski definition) is 6. The van der Waals surface area contributed by atoms with Gasteiger partial charge in [-0.25, -0.2) is 0 Å². The van der Waals surface area contributed by atoms with Gasteiger partial charge in [-0.15, -0.1) is 0 Å². The van der Waals surface area contributed by atoms with Gasteiger partial charge >= 0.3 is 14.2 Å². The van der Waals surface area contributed by atoms with Gasteiger partial charge in [-0.2, -0.15) is 0 Å². The van der Waals surface area contributed by atoms with Crippen molar-refractivity contribution in [1.29, 1.82) is 0 Å². The Bertz CT molecular complexity index is 841. The van der Waals surface area contributed by atoms with Crippen molar-refractivity contribution >= 4 is 26.1 Å². The fourth-order valence-corrected chi connectivity index (χ4v) is 4.25. The molecule has 1 aromatic carbocycles. The number of nitrogens with zero attached hydrogens (tertiary/aromatic N) is 1. The highest BCUT2D eigenvalue weighted by Gasteiger charge is 2.61. The fraction of sp³-hybridized carbons (Fsp3) is 0.652. The van der Waals surface area contributed by atoms with Gasteiger partial charge in [0.25, 0.3) is 11.8 Å². The van der Waals surface area contributed by atoms with E-state index in [2.05, 4.69) is 0 Å². The minimum atomic E-state index is -0.593. The number of amides is 2. The largest absolute Gasteiger partial charge is 0.458 e. The molecule has 3 heterocycles. The third kappa shape index (κ3) is 3.63. The lowest BCUT2D eigenvalue weighted by Crippen LogP contribution is -2.41. The molecule has 0 spiro atoms. The summed E-state index contributed by atoms with van der Waals surface area (Å²) in [4.78, 5) is 27.0. The second kappa shape index (κ2) is 7.42. The number of rotatable bonds is 5. The molecule has 0 radical (unpaired) electrons. The minimum Gasteiger partial charge on any atom is -0.403 e. The zero-order valence-corrected chi connectivity index (χ0v) is 20.4. The molecule has 0 aromatic heterocycles. The van der Waals surface area contributed by atoms with Crippen LogP contribution in [-0.2, 0) is 18.6 Å². The quantitative estimate of drug-likeness (QED) is 0.512. The second-order valence-electron chi connectivity index (χ2n) is 11.0. The second-order valence-corrected chi connectivity index (χ2v) is 11.0. The van der Waals surface area contributed by atoms with Crippen molar-refractivity contribution in [1.82, 2.24) is 4.90 Å². The van der Waals surface area contributed by atoms with Crippen LogP contribution in [0.1, 0.15) is 82.5 Å². The van der Waals surface area contributed by atoms with E-state index in [0.29, 0.717) is 17.5 Å². The summed E-state index contributed by atoms with van der Waals surface area (Å²) >= 11 is 0. The normalized spacial score (nSPS) is 25.2. The van der Waals surface area contributed by atoms with Crippen LogP contribution in [0, 0.1) is 0 Å². The van der Waals surface area contributed by atoms with Gasteiger partial charge in [0, 0.05) is 12.3 Å². The molecular weight excluding hydrogens is 408 g/mol. The Labute approximate surface area is 191 Å². The maximum absolute atomic E-state index is 12.9. The number of carbonyl (C=O) groups excluding carboxylic acids is 2. The van der Waals surface area contributed by atoms with Gasteiger partial charge < -0.3 is 18.6 Å². The third-order valence-corrected chi connectivity index (χ3v) is 7.81. The lowest BCUT2D eigenvalue weighted by atomic mass is 9.50. The summed E-state index contributed by atoms with van der Waals surface area (Å²) in [5.41, 5.74) is -1.52. The molecule has 7 nitrogen and oxygen atoms in total. The SMILES string of the molecule is CC1(C)OB(C(CCN2C(=O)c3ccccc3C2=O)B2OC(C)(C)C(C)(C)O2)OC1(C)C. The molecule has 172 valence electrons. The lowest BCUT2D eigenvalue weighted by molar-refractivity contribution is 0.00578. The summed E-state index contributed by atoms with van der Waals surface area (Å²) in [6.45, 7) is 16.2. The van der Waals surface area contributed by atoms with Crippen molar-refractivity contribution < 1.29 is 28.2 Å². The topological polar surface area (TPSA) is 74.3 Å². The Hall–Kier alpha value is -1.67. The van der Waals surface area contributed by atoms with Gasteiger partial charge in [-0.05, 0) is 73.9 Å². The first-order chi connectivity index (χ1) is 14.7. The van der Waals surface area contributed by atoms with Gasteiger partial charge in [-0.1, -0.05) is 12.1 Å². The van der Waals surface area contributed by atoms with Crippen LogP contribution in [0.15, 0.2) is 24.3 Å². The van der Waals surface area contributed by atoms with E-state index in [4.69, 9.17) is 18.6 Å². The molecule has 2 fully saturated rings. The van der Waals surface area contributed by atoms with E-state index in [1.165, 1.54) is 4.90 Å². The average Bonchev–Trinajstić information content (AvgIpc) is 3.14. The van der Waals surface area contributed by atoms with Gasteiger partial charge in [-0.3, -0.25) is 14.5 Å². The Morgan fingerprint density at radius 3 is 1.41 bits per heavy atom. The summed E-state index contributed by atoms with van der Waals surface area (Å²) in [6, 6.07) is 6.92. The lowest BCUT2D eigenvalue weighted by Gasteiger charge is -2.32. The molecule has 1 aromatic rings. The van der Waals surface area contributed by atoms with Crippen LogP contribution in [0.4, 0.5) is 0 Å². The van der Waals surface area contributed by atoms with E-state index >= 15 is 0 Å². The molecule has 32 heavy (non-hydrogen) atoms. The molecule has 3 aliphatic heterocycles. The molecule has 0 atom stereocenters. The Morgan fingerprint density at radius 1 is 0.719 bits per heavy atom. The van der Waals surface area contributed by atoms with Crippen LogP contribution in [0.3, 0.4) is 0 Å². The fourth-order valence-electron chi connectivity index (χ4n) is 4.25. The first-order valence-electron chi connectivity index (χ1n) is 11.3. The molecule has 9 heteroatoms. The van der Waals surface area contributed by atoms with E-state index in [1.54, 1.807) is 24.3 Å². The summed E-state index contributed by atoms with van der Waals surface area (Å²) in [7, 11) is -1.19. The molecule has 2 amide bonds.